The second-order valence-electron chi connectivity index (χ2n) is 4.60. The lowest BCUT2D eigenvalue weighted by atomic mass is 10.1. The molecule has 1 aromatic heterocycles. The van der Waals surface area contributed by atoms with Crippen LogP contribution in [0.5, 0.6) is 0 Å². The first kappa shape index (κ1) is 13.7. The normalized spacial score (nSPS) is 10.5. The topological polar surface area (TPSA) is 54.9 Å². The van der Waals surface area contributed by atoms with Gasteiger partial charge in [-0.15, -0.1) is 21.5 Å². The van der Waals surface area contributed by atoms with Gasteiger partial charge in [0.1, 0.15) is 10.0 Å². The van der Waals surface area contributed by atoms with Gasteiger partial charge < -0.3 is 5.32 Å². The predicted octanol–water partition coefficient (Wildman–Crippen LogP) is 2.44. The summed E-state index contributed by atoms with van der Waals surface area (Å²) in [7, 11) is 0. The number of rotatable bonds is 4. The maximum Gasteiger partial charge on any atom is 0.251 e. The van der Waals surface area contributed by atoms with Crippen molar-refractivity contribution >= 4 is 17.2 Å². The third kappa shape index (κ3) is 3.86. The lowest BCUT2D eigenvalue weighted by molar-refractivity contribution is 0.0954. The molecule has 100 valence electrons. The number of benzene rings is 1. The van der Waals surface area contributed by atoms with Crippen molar-refractivity contribution in [1.82, 2.24) is 15.5 Å². The number of aryl methyl sites for hydroxylation is 3. The molecular weight excluding hydrogens is 258 g/mol. The Morgan fingerprint density at radius 1 is 1.16 bits per heavy atom. The molecule has 4 nitrogen and oxygen atoms in total. The maximum absolute atomic E-state index is 12.0. The number of amides is 1. The standard InChI is InChI=1S/C14H17N3OS/c1-9-6-10(2)8-12(7-9)14(18)15-5-4-13-17-16-11(3)19-13/h6-8H,4-5H2,1-3H3,(H,15,18). The highest BCUT2D eigenvalue weighted by Gasteiger charge is 2.07. The molecule has 0 fully saturated rings. The van der Waals surface area contributed by atoms with Crippen LogP contribution in [0.4, 0.5) is 0 Å². The van der Waals surface area contributed by atoms with Gasteiger partial charge in [0.05, 0.1) is 0 Å². The van der Waals surface area contributed by atoms with Crippen LogP contribution in [0.2, 0.25) is 0 Å². The third-order valence-electron chi connectivity index (χ3n) is 2.68. The van der Waals surface area contributed by atoms with Crippen molar-refractivity contribution in [2.75, 3.05) is 6.54 Å². The highest BCUT2D eigenvalue weighted by atomic mass is 32.1. The van der Waals surface area contributed by atoms with Crippen molar-refractivity contribution in [2.24, 2.45) is 0 Å². The van der Waals surface area contributed by atoms with Gasteiger partial charge in [0.25, 0.3) is 5.91 Å². The molecule has 1 aromatic carbocycles. The second kappa shape index (κ2) is 5.93. The molecule has 0 radical (unpaired) electrons. The molecule has 1 N–H and O–H groups in total. The highest BCUT2D eigenvalue weighted by molar-refractivity contribution is 7.11. The van der Waals surface area contributed by atoms with Crippen LogP contribution in [0.25, 0.3) is 0 Å². The zero-order chi connectivity index (χ0) is 13.8. The van der Waals surface area contributed by atoms with E-state index in [0.29, 0.717) is 12.1 Å². The van der Waals surface area contributed by atoms with Gasteiger partial charge in [-0.05, 0) is 32.9 Å². The van der Waals surface area contributed by atoms with E-state index in [9.17, 15) is 4.79 Å². The largest absolute Gasteiger partial charge is 0.352 e. The van der Waals surface area contributed by atoms with Gasteiger partial charge in [-0.25, -0.2) is 0 Å². The SMILES string of the molecule is Cc1cc(C)cc(C(=O)NCCc2nnc(C)s2)c1. The lowest BCUT2D eigenvalue weighted by Crippen LogP contribution is -2.25. The van der Waals surface area contributed by atoms with E-state index in [1.807, 2.05) is 32.9 Å². The Hall–Kier alpha value is -1.75. The summed E-state index contributed by atoms with van der Waals surface area (Å²) >= 11 is 1.57. The zero-order valence-electron chi connectivity index (χ0n) is 11.4. The van der Waals surface area contributed by atoms with Gasteiger partial charge in [-0.3, -0.25) is 4.79 Å². The number of hydrogen-bond donors (Lipinski definition) is 1. The molecule has 19 heavy (non-hydrogen) atoms. The number of aromatic nitrogens is 2. The Balaban J connectivity index is 1.90. The van der Waals surface area contributed by atoms with Crippen LogP contribution in [0.3, 0.4) is 0 Å². The van der Waals surface area contributed by atoms with E-state index in [2.05, 4.69) is 21.6 Å². The lowest BCUT2D eigenvalue weighted by Gasteiger charge is -2.06. The van der Waals surface area contributed by atoms with Gasteiger partial charge in [0, 0.05) is 18.5 Å². The first-order valence-electron chi connectivity index (χ1n) is 6.20. The van der Waals surface area contributed by atoms with Gasteiger partial charge in [-0.1, -0.05) is 17.2 Å². The summed E-state index contributed by atoms with van der Waals surface area (Å²) in [6.45, 7) is 6.50. The van der Waals surface area contributed by atoms with Gasteiger partial charge in [-0.2, -0.15) is 0 Å². The van der Waals surface area contributed by atoms with Crippen molar-refractivity contribution in [3.8, 4) is 0 Å². The minimum atomic E-state index is -0.0342. The fourth-order valence-electron chi connectivity index (χ4n) is 1.93. The number of nitrogens with zero attached hydrogens (tertiary/aromatic N) is 2. The van der Waals surface area contributed by atoms with E-state index in [1.165, 1.54) is 0 Å². The zero-order valence-corrected chi connectivity index (χ0v) is 12.2. The monoisotopic (exact) mass is 275 g/mol. The number of carbonyl (C=O) groups is 1. The van der Waals surface area contributed by atoms with Gasteiger partial charge >= 0.3 is 0 Å². The van der Waals surface area contributed by atoms with Crippen molar-refractivity contribution in [3.05, 3.63) is 44.9 Å². The van der Waals surface area contributed by atoms with Crippen molar-refractivity contribution in [2.45, 2.75) is 27.2 Å². The van der Waals surface area contributed by atoms with Gasteiger partial charge in [0.2, 0.25) is 0 Å². The van der Waals surface area contributed by atoms with Crippen molar-refractivity contribution in [1.29, 1.82) is 0 Å². The number of carbonyl (C=O) groups excluding carboxylic acids is 1. The van der Waals surface area contributed by atoms with E-state index in [1.54, 1.807) is 11.3 Å². The molecule has 0 saturated carbocycles. The van der Waals surface area contributed by atoms with Gasteiger partial charge in [0.15, 0.2) is 0 Å². The summed E-state index contributed by atoms with van der Waals surface area (Å²) in [5.41, 5.74) is 2.92. The van der Waals surface area contributed by atoms with Crippen LogP contribution in [0.1, 0.15) is 31.5 Å². The summed E-state index contributed by atoms with van der Waals surface area (Å²) in [4.78, 5) is 12.0. The summed E-state index contributed by atoms with van der Waals surface area (Å²) in [6, 6.07) is 5.86. The molecule has 0 aliphatic heterocycles. The van der Waals surface area contributed by atoms with Crippen LogP contribution >= 0.6 is 11.3 Å². The molecule has 5 heteroatoms. The first-order valence-corrected chi connectivity index (χ1v) is 7.02. The fraction of sp³-hybridized carbons (Fsp3) is 0.357. The second-order valence-corrected chi connectivity index (χ2v) is 5.86. The molecule has 2 rings (SSSR count). The number of hydrogen-bond acceptors (Lipinski definition) is 4. The van der Waals surface area contributed by atoms with E-state index in [0.717, 1.165) is 27.6 Å². The molecule has 0 aliphatic carbocycles. The van der Waals surface area contributed by atoms with E-state index < -0.39 is 0 Å². The molecule has 2 aromatic rings. The molecule has 1 heterocycles. The van der Waals surface area contributed by atoms with Crippen LogP contribution in [-0.2, 0) is 6.42 Å². The summed E-state index contributed by atoms with van der Waals surface area (Å²) in [6.07, 6.45) is 0.724. The Morgan fingerprint density at radius 2 is 1.84 bits per heavy atom. The molecular formula is C14H17N3OS. The average molecular weight is 275 g/mol. The molecule has 0 spiro atoms. The molecule has 0 aliphatic rings. The molecule has 1 amide bonds. The van der Waals surface area contributed by atoms with E-state index in [4.69, 9.17) is 0 Å². The Bertz CT molecular complexity index is 572. The molecule has 0 saturated heterocycles. The quantitative estimate of drug-likeness (QED) is 0.932. The van der Waals surface area contributed by atoms with Crippen LogP contribution in [0, 0.1) is 20.8 Å². The average Bonchev–Trinajstić information content (AvgIpc) is 2.73. The Labute approximate surface area is 116 Å². The minimum absolute atomic E-state index is 0.0342. The van der Waals surface area contributed by atoms with Crippen molar-refractivity contribution < 1.29 is 4.79 Å². The molecule has 0 bridgehead atoms. The Morgan fingerprint density at radius 3 is 2.42 bits per heavy atom. The highest BCUT2D eigenvalue weighted by Crippen LogP contribution is 2.10. The van der Waals surface area contributed by atoms with Crippen LogP contribution in [-0.4, -0.2) is 22.6 Å². The minimum Gasteiger partial charge on any atom is -0.352 e. The smallest absolute Gasteiger partial charge is 0.251 e. The summed E-state index contributed by atoms with van der Waals surface area (Å²) < 4.78 is 0. The van der Waals surface area contributed by atoms with Crippen LogP contribution < -0.4 is 5.32 Å². The number of nitrogens with one attached hydrogen (secondary N) is 1. The van der Waals surface area contributed by atoms with Crippen LogP contribution in [0.15, 0.2) is 18.2 Å². The summed E-state index contributed by atoms with van der Waals surface area (Å²) in [5, 5.41) is 12.8. The van der Waals surface area contributed by atoms with E-state index in [-0.39, 0.29) is 5.91 Å². The third-order valence-corrected chi connectivity index (χ3v) is 3.57. The first-order chi connectivity index (χ1) is 9.04. The van der Waals surface area contributed by atoms with Crippen molar-refractivity contribution in [3.63, 3.8) is 0 Å². The molecule has 0 unspecified atom stereocenters. The predicted molar refractivity (Wildman–Crippen MR) is 76.6 cm³/mol. The van der Waals surface area contributed by atoms with E-state index >= 15 is 0 Å². The Kier molecular flexibility index (Phi) is 4.27. The summed E-state index contributed by atoms with van der Waals surface area (Å²) in [5.74, 6) is -0.0342. The maximum atomic E-state index is 12.0. The fourth-order valence-corrected chi connectivity index (χ4v) is 2.64. The molecule has 0 atom stereocenters.